The SMILES string of the molecule is CCOc1cc(/C=C2\C(=O)NC(=O)N(c3cc(Cl)ccc3C)C2=O)ccc1OCc1ccc(OCc2ccccc2)c(OCC)c1. The summed E-state index contributed by atoms with van der Waals surface area (Å²) in [4.78, 5) is 39.7. The van der Waals surface area contributed by atoms with Crippen molar-refractivity contribution in [3.63, 3.8) is 0 Å². The minimum atomic E-state index is -0.848. The number of benzene rings is 4. The Morgan fingerprint density at radius 3 is 2.07 bits per heavy atom. The first kappa shape index (κ1) is 32.1. The molecule has 46 heavy (non-hydrogen) atoms. The highest BCUT2D eigenvalue weighted by Gasteiger charge is 2.37. The molecule has 1 fully saturated rings. The van der Waals surface area contributed by atoms with Gasteiger partial charge in [0.15, 0.2) is 23.0 Å². The Kier molecular flexibility index (Phi) is 10.2. The number of nitrogens with zero attached hydrogens (tertiary/aromatic N) is 1. The number of imide groups is 2. The van der Waals surface area contributed by atoms with Crippen molar-refractivity contribution < 1.29 is 33.3 Å². The summed E-state index contributed by atoms with van der Waals surface area (Å²) in [6.45, 7) is 6.96. The molecule has 1 heterocycles. The van der Waals surface area contributed by atoms with E-state index in [1.165, 1.54) is 12.1 Å². The van der Waals surface area contributed by atoms with Gasteiger partial charge >= 0.3 is 6.03 Å². The molecular weight excluding hydrogens is 608 g/mol. The molecule has 4 amide bonds. The van der Waals surface area contributed by atoms with Crippen LogP contribution in [0.3, 0.4) is 0 Å². The van der Waals surface area contributed by atoms with E-state index in [-0.39, 0.29) is 17.9 Å². The van der Waals surface area contributed by atoms with Crippen LogP contribution in [0.25, 0.3) is 6.08 Å². The Balaban J connectivity index is 1.34. The Bertz CT molecular complexity index is 1790. The molecule has 10 heteroatoms. The molecule has 236 valence electrons. The van der Waals surface area contributed by atoms with Gasteiger partial charge in [-0.3, -0.25) is 14.9 Å². The third-order valence-electron chi connectivity index (χ3n) is 7.03. The number of urea groups is 1. The molecular formula is C36H33ClN2O7. The molecule has 4 aromatic carbocycles. The van der Waals surface area contributed by atoms with Crippen LogP contribution in [0.2, 0.25) is 5.02 Å². The molecule has 0 radical (unpaired) electrons. The van der Waals surface area contributed by atoms with Crippen LogP contribution in [0, 0.1) is 6.92 Å². The number of nitrogens with one attached hydrogen (secondary N) is 1. The van der Waals surface area contributed by atoms with Gasteiger partial charge in [-0.15, -0.1) is 0 Å². The van der Waals surface area contributed by atoms with Gasteiger partial charge in [0.05, 0.1) is 18.9 Å². The molecule has 0 spiro atoms. The monoisotopic (exact) mass is 640 g/mol. The molecule has 5 rings (SSSR count). The second-order valence-electron chi connectivity index (χ2n) is 10.3. The van der Waals surface area contributed by atoms with Gasteiger partial charge in [-0.1, -0.05) is 60.1 Å². The number of amides is 4. The maximum Gasteiger partial charge on any atom is 0.335 e. The van der Waals surface area contributed by atoms with Crippen molar-refractivity contribution in [1.29, 1.82) is 0 Å². The van der Waals surface area contributed by atoms with Gasteiger partial charge in [0, 0.05) is 5.02 Å². The first-order valence-electron chi connectivity index (χ1n) is 14.8. The summed E-state index contributed by atoms with van der Waals surface area (Å²) in [6, 6.07) is 24.6. The van der Waals surface area contributed by atoms with Gasteiger partial charge in [-0.05, 0) is 85.5 Å². The fourth-order valence-electron chi connectivity index (χ4n) is 4.79. The first-order chi connectivity index (χ1) is 22.3. The smallest absolute Gasteiger partial charge is 0.335 e. The lowest BCUT2D eigenvalue weighted by atomic mass is 10.1. The van der Waals surface area contributed by atoms with Crippen LogP contribution in [0.5, 0.6) is 23.0 Å². The number of rotatable bonds is 12. The highest BCUT2D eigenvalue weighted by molar-refractivity contribution is 6.39. The van der Waals surface area contributed by atoms with Crippen molar-refractivity contribution in [2.75, 3.05) is 18.1 Å². The predicted octanol–water partition coefficient (Wildman–Crippen LogP) is 7.27. The molecule has 0 bridgehead atoms. The van der Waals surface area contributed by atoms with Crippen LogP contribution in [0.1, 0.15) is 36.1 Å². The molecule has 9 nitrogen and oxygen atoms in total. The van der Waals surface area contributed by atoms with E-state index in [4.69, 9.17) is 30.5 Å². The van der Waals surface area contributed by atoms with Crippen molar-refractivity contribution in [2.45, 2.75) is 34.0 Å². The number of barbiturate groups is 1. The average molecular weight is 641 g/mol. The number of anilines is 1. The van der Waals surface area contributed by atoms with E-state index in [2.05, 4.69) is 5.32 Å². The van der Waals surface area contributed by atoms with Crippen molar-refractivity contribution in [1.82, 2.24) is 5.32 Å². The zero-order chi connectivity index (χ0) is 32.6. The van der Waals surface area contributed by atoms with E-state index in [1.807, 2.05) is 62.4 Å². The maximum atomic E-state index is 13.4. The van der Waals surface area contributed by atoms with Crippen molar-refractivity contribution in [2.24, 2.45) is 0 Å². The highest BCUT2D eigenvalue weighted by atomic mass is 35.5. The van der Waals surface area contributed by atoms with Gasteiger partial charge in [0.2, 0.25) is 0 Å². The molecule has 1 saturated heterocycles. The Morgan fingerprint density at radius 1 is 0.717 bits per heavy atom. The van der Waals surface area contributed by atoms with Crippen LogP contribution in [0.15, 0.2) is 90.5 Å². The summed E-state index contributed by atoms with van der Waals surface area (Å²) in [5.74, 6) is 0.574. The number of halogens is 1. The number of ether oxygens (including phenoxy) is 4. The molecule has 0 aromatic heterocycles. The van der Waals surface area contributed by atoms with Gasteiger partial charge < -0.3 is 18.9 Å². The normalized spacial score (nSPS) is 13.9. The first-order valence-corrected chi connectivity index (χ1v) is 15.1. The van der Waals surface area contributed by atoms with Crippen molar-refractivity contribution >= 4 is 41.2 Å². The second-order valence-corrected chi connectivity index (χ2v) is 10.7. The summed E-state index contributed by atoms with van der Waals surface area (Å²) in [5, 5.41) is 2.59. The standard InChI is InChI=1S/C36H33ClN2O7/c1-4-43-32-18-25(17-28-34(40)38-36(42)39(35(28)41)29-20-27(37)14-11-23(29)3)12-15-30(32)46-22-26-13-16-31(33(19-26)44-5-2)45-21-24-9-7-6-8-10-24/h6-20H,4-5,21-22H2,1-3H3,(H,38,40,42)/b28-17+. The lowest BCUT2D eigenvalue weighted by molar-refractivity contribution is -0.122. The fourth-order valence-corrected chi connectivity index (χ4v) is 4.96. The van der Waals surface area contributed by atoms with E-state index < -0.39 is 17.8 Å². The summed E-state index contributed by atoms with van der Waals surface area (Å²) in [7, 11) is 0. The van der Waals surface area contributed by atoms with E-state index in [1.54, 1.807) is 37.3 Å². The minimum absolute atomic E-state index is 0.215. The highest BCUT2D eigenvalue weighted by Crippen LogP contribution is 2.34. The van der Waals surface area contributed by atoms with Crippen LogP contribution in [-0.2, 0) is 22.8 Å². The van der Waals surface area contributed by atoms with Crippen LogP contribution >= 0.6 is 11.6 Å². The lowest BCUT2D eigenvalue weighted by Crippen LogP contribution is -2.54. The zero-order valence-electron chi connectivity index (χ0n) is 25.7. The second kappa shape index (κ2) is 14.7. The van der Waals surface area contributed by atoms with Crippen molar-refractivity contribution in [3.8, 4) is 23.0 Å². The summed E-state index contributed by atoms with van der Waals surface area (Å²) < 4.78 is 23.8. The molecule has 1 aliphatic rings. The maximum absolute atomic E-state index is 13.4. The number of hydrogen-bond donors (Lipinski definition) is 1. The van der Waals surface area contributed by atoms with Gasteiger partial charge in [-0.2, -0.15) is 0 Å². The third kappa shape index (κ3) is 7.50. The molecule has 0 aliphatic carbocycles. The Labute approximate surface area is 272 Å². The lowest BCUT2D eigenvalue weighted by Gasteiger charge is -2.27. The summed E-state index contributed by atoms with van der Waals surface area (Å²) in [5.41, 5.74) is 3.13. The summed E-state index contributed by atoms with van der Waals surface area (Å²) in [6.07, 6.45) is 1.41. The zero-order valence-corrected chi connectivity index (χ0v) is 26.4. The predicted molar refractivity (Wildman–Crippen MR) is 176 cm³/mol. The van der Waals surface area contributed by atoms with E-state index in [9.17, 15) is 14.4 Å². The number of hydrogen-bond acceptors (Lipinski definition) is 7. The van der Waals surface area contributed by atoms with Crippen LogP contribution in [0.4, 0.5) is 10.5 Å². The van der Waals surface area contributed by atoms with Crippen LogP contribution in [-0.4, -0.2) is 31.1 Å². The van der Waals surface area contributed by atoms with E-state index in [0.717, 1.165) is 16.0 Å². The largest absolute Gasteiger partial charge is 0.490 e. The molecule has 0 saturated carbocycles. The molecule has 1 N–H and O–H groups in total. The third-order valence-corrected chi connectivity index (χ3v) is 7.27. The minimum Gasteiger partial charge on any atom is -0.490 e. The quantitative estimate of drug-likeness (QED) is 0.128. The van der Waals surface area contributed by atoms with Gasteiger partial charge in [0.25, 0.3) is 11.8 Å². The van der Waals surface area contributed by atoms with E-state index in [0.29, 0.717) is 59.0 Å². The number of carbonyl (C=O) groups is 3. The summed E-state index contributed by atoms with van der Waals surface area (Å²) >= 11 is 6.13. The molecule has 1 aliphatic heterocycles. The number of aryl methyl sites for hydroxylation is 1. The average Bonchev–Trinajstić information content (AvgIpc) is 3.04. The van der Waals surface area contributed by atoms with Crippen LogP contribution < -0.4 is 29.2 Å². The fraction of sp³-hybridized carbons (Fsp3) is 0.194. The Morgan fingerprint density at radius 2 is 1.37 bits per heavy atom. The topological polar surface area (TPSA) is 103 Å². The van der Waals surface area contributed by atoms with Gasteiger partial charge in [0.1, 0.15) is 18.8 Å². The Hall–Kier alpha value is -5.28. The van der Waals surface area contributed by atoms with E-state index >= 15 is 0 Å². The molecule has 4 aromatic rings. The van der Waals surface area contributed by atoms with Gasteiger partial charge in [-0.25, -0.2) is 9.69 Å². The molecule has 0 unspecified atom stereocenters. The number of carbonyl (C=O) groups excluding carboxylic acids is 3. The van der Waals surface area contributed by atoms with Crippen molar-refractivity contribution in [3.05, 3.63) is 118 Å². The molecule has 0 atom stereocenters.